The quantitative estimate of drug-likeness (QED) is 0.281. The molecular formula is C24H20ClN3O3S. The lowest BCUT2D eigenvalue weighted by Gasteiger charge is -2.10. The van der Waals surface area contributed by atoms with Gasteiger partial charge in [0.05, 0.1) is 12.3 Å². The Morgan fingerprint density at radius 3 is 2.66 bits per heavy atom. The van der Waals surface area contributed by atoms with Crippen LogP contribution in [0.3, 0.4) is 0 Å². The van der Waals surface area contributed by atoms with Gasteiger partial charge in [0.25, 0.3) is 5.91 Å². The van der Waals surface area contributed by atoms with Crippen LogP contribution in [0, 0.1) is 6.92 Å². The molecule has 0 unspecified atom stereocenters. The molecule has 4 rings (SSSR count). The molecule has 162 valence electrons. The van der Waals surface area contributed by atoms with E-state index >= 15 is 0 Å². The molecule has 2 aromatic carbocycles. The highest BCUT2D eigenvalue weighted by Crippen LogP contribution is 2.22. The summed E-state index contributed by atoms with van der Waals surface area (Å²) in [5.41, 5.74) is 1.91. The molecule has 4 aromatic rings. The Labute approximate surface area is 194 Å². The van der Waals surface area contributed by atoms with Crippen LogP contribution in [0.4, 0.5) is 0 Å². The molecule has 32 heavy (non-hydrogen) atoms. The van der Waals surface area contributed by atoms with E-state index in [2.05, 4.69) is 10.3 Å². The molecule has 0 aliphatic rings. The number of carbonyl (C=O) groups excluding carboxylic acids is 2. The van der Waals surface area contributed by atoms with E-state index in [1.807, 2.05) is 35.8 Å². The second kappa shape index (κ2) is 9.89. The number of aromatic nitrogens is 2. The zero-order chi connectivity index (χ0) is 22.5. The lowest BCUT2D eigenvalue weighted by Crippen LogP contribution is -2.22. The first kappa shape index (κ1) is 21.9. The van der Waals surface area contributed by atoms with Crippen molar-refractivity contribution in [1.29, 1.82) is 0 Å². The Morgan fingerprint density at radius 1 is 1.09 bits per heavy atom. The van der Waals surface area contributed by atoms with E-state index in [0.29, 0.717) is 33.6 Å². The van der Waals surface area contributed by atoms with E-state index in [1.165, 1.54) is 11.8 Å². The molecule has 1 amide bonds. The van der Waals surface area contributed by atoms with Crippen molar-refractivity contribution >= 4 is 35.1 Å². The Balaban J connectivity index is 1.43. The third-order valence-corrected chi connectivity index (χ3v) is 5.93. The second-order valence-corrected chi connectivity index (χ2v) is 8.42. The molecule has 0 bridgehead atoms. The van der Waals surface area contributed by atoms with Gasteiger partial charge in [0.1, 0.15) is 11.5 Å². The van der Waals surface area contributed by atoms with E-state index < -0.39 is 0 Å². The van der Waals surface area contributed by atoms with Crippen LogP contribution in [0.15, 0.2) is 82.6 Å². The van der Waals surface area contributed by atoms with Gasteiger partial charge in [0.15, 0.2) is 10.9 Å². The summed E-state index contributed by atoms with van der Waals surface area (Å²) in [5, 5.41) is 4.11. The topological polar surface area (TPSA) is 77.1 Å². The van der Waals surface area contributed by atoms with Crippen LogP contribution in [0.5, 0.6) is 0 Å². The van der Waals surface area contributed by atoms with Gasteiger partial charge in [-0.25, -0.2) is 4.98 Å². The van der Waals surface area contributed by atoms with Crippen LogP contribution in [0.1, 0.15) is 32.2 Å². The average Bonchev–Trinajstić information content (AvgIpc) is 3.45. The zero-order valence-electron chi connectivity index (χ0n) is 17.2. The third-order valence-electron chi connectivity index (χ3n) is 4.71. The molecule has 0 atom stereocenters. The lowest BCUT2D eigenvalue weighted by molar-refractivity contribution is 0.0947. The Kier molecular flexibility index (Phi) is 6.78. The minimum atomic E-state index is -0.201. The molecule has 0 saturated heterocycles. The van der Waals surface area contributed by atoms with Crippen molar-refractivity contribution in [3.63, 3.8) is 0 Å². The Hall–Kier alpha value is -3.29. The van der Waals surface area contributed by atoms with Crippen LogP contribution < -0.4 is 5.32 Å². The number of nitrogens with one attached hydrogen (secondary N) is 1. The molecule has 8 heteroatoms. The molecular weight excluding hydrogens is 446 g/mol. The summed E-state index contributed by atoms with van der Waals surface area (Å²) in [5.74, 6) is 1.53. The fourth-order valence-electron chi connectivity index (χ4n) is 3.09. The van der Waals surface area contributed by atoms with Crippen LogP contribution in [0.25, 0.3) is 5.69 Å². The normalized spacial score (nSPS) is 10.8. The number of Topliss-reactive ketones (excluding diaryl/α,β-unsaturated/α-hetero) is 1. The van der Waals surface area contributed by atoms with Crippen molar-refractivity contribution < 1.29 is 14.0 Å². The van der Waals surface area contributed by atoms with Gasteiger partial charge in [0.2, 0.25) is 0 Å². The molecule has 0 radical (unpaired) electrons. The van der Waals surface area contributed by atoms with Crippen molar-refractivity contribution in [2.24, 2.45) is 0 Å². The van der Waals surface area contributed by atoms with Crippen LogP contribution in [-0.2, 0) is 6.54 Å². The predicted molar refractivity (Wildman–Crippen MR) is 125 cm³/mol. The average molecular weight is 466 g/mol. The van der Waals surface area contributed by atoms with Crippen LogP contribution in [-0.4, -0.2) is 27.0 Å². The van der Waals surface area contributed by atoms with Gasteiger partial charge in [-0.15, -0.1) is 0 Å². The minimum absolute atomic E-state index is 0.0116. The van der Waals surface area contributed by atoms with Gasteiger partial charge in [0, 0.05) is 34.2 Å². The predicted octanol–water partition coefficient (Wildman–Crippen LogP) is 5.33. The van der Waals surface area contributed by atoms with Gasteiger partial charge < -0.3 is 9.73 Å². The summed E-state index contributed by atoms with van der Waals surface area (Å²) in [6.45, 7) is 2.18. The summed E-state index contributed by atoms with van der Waals surface area (Å²) in [6.07, 6.45) is 3.47. The monoisotopic (exact) mass is 465 g/mol. The van der Waals surface area contributed by atoms with Gasteiger partial charge >= 0.3 is 0 Å². The first-order chi connectivity index (χ1) is 15.5. The number of nitrogens with zero attached hydrogens (tertiary/aromatic N) is 2. The van der Waals surface area contributed by atoms with E-state index in [1.54, 1.807) is 48.8 Å². The summed E-state index contributed by atoms with van der Waals surface area (Å²) in [6, 6.07) is 17.8. The van der Waals surface area contributed by atoms with Crippen molar-refractivity contribution in [3.8, 4) is 5.69 Å². The summed E-state index contributed by atoms with van der Waals surface area (Å²) < 4.78 is 7.34. The Bertz CT molecular complexity index is 1250. The standard InChI is InChI=1S/C24H20ClN3O3S/c1-16-5-10-21(31-16)14-27-23(30)18-3-2-4-20(13-18)28-12-11-26-24(28)32-15-22(29)17-6-8-19(25)9-7-17/h2-13H,14-15H2,1H3,(H,27,30). The first-order valence-electron chi connectivity index (χ1n) is 9.88. The van der Waals surface area contributed by atoms with Gasteiger partial charge in [-0.1, -0.05) is 29.4 Å². The highest BCUT2D eigenvalue weighted by Gasteiger charge is 2.13. The maximum absolute atomic E-state index is 12.6. The van der Waals surface area contributed by atoms with Crippen molar-refractivity contribution in [2.45, 2.75) is 18.6 Å². The van der Waals surface area contributed by atoms with E-state index in [0.717, 1.165) is 11.4 Å². The zero-order valence-corrected chi connectivity index (χ0v) is 18.8. The molecule has 2 aromatic heterocycles. The van der Waals surface area contributed by atoms with E-state index in [9.17, 15) is 9.59 Å². The minimum Gasteiger partial charge on any atom is -0.465 e. The Morgan fingerprint density at radius 2 is 1.91 bits per heavy atom. The highest BCUT2D eigenvalue weighted by atomic mass is 35.5. The number of furan rings is 1. The number of halogens is 1. The first-order valence-corrected chi connectivity index (χ1v) is 11.2. The molecule has 0 aliphatic carbocycles. The number of imidazole rings is 1. The van der Waals surface area contributed by atoms with Crippen molar-refractivity contribution in [3.05, 3.63) is 101 Å². The molecule has 2 heterocycles. The summed E-state index contributed by atoms with van der Waals surface area (Å²) >= 11 is 7.22. The van der Waals surface area contributed by atoms with Crippen molar-refractivity contribution in [1.82, 2.24) is 14.9 Å². The highest BCUT2D eigenvalue weighted by molar-refractivity contribution is 7.99. The maximum atomic E-state index is 12.6. The summed E-state index contributed by atoms with van der Waals surface area (Å²) in [4.78, 5) is 29.4. The smallest absolute Gasteiger partial charge is 0.251 e. The van der Waals surface area contributed by atoms with Gasteiger partial charge in [-0.3, -0.25) is 14.2 Å². The number of hydrogen-bond acceptors (Lipinski definition) is 5. The molecule has 0 fully saturated rings. The second-order valence-electron chi connectivity index (χ2n) is 7.04. The van der Waals surface area contributed by atoms with E-state index in [4.69, 9.17) is 16.0 Å². The lowest BCUT2D eigenvalue weighted by atomic mass is 10.1. The number of amides is 1. The van der Waals surface area contributed by atoms with Crippen LogP contribution >= 0.6 is 23.4 Å². The van der Waals surface area contributed by atoms with Crippen LogP contribution in [0.2, 0.25) is 5.02 Å². The van der Waals surface area contributed by atoms with E-state index in [-0.39, 0.29) is 17.4 Å². The number of hydrogen-bond donors (Lipinski definition) is 1. The molecule has 0 spiro atoms. The van der Waals surface area contributed by atoms with Crippen molar-refractivity contribution in [2.75, 3.05) is 5.75 Å². The SMILES string of the molecule is Cc1ccc(CNC(=O)c2cccc(-n3ccnc3SCC(=O)c3ccc(Cl)cc3)c2)o1. The molecule has 6 nitrogen and oxygen atoms in total. The number of aryl methyl sites for hydroxylation is 1. The number of benzene rings is 2. The number of rotatable bonds is 8. The largest absolute Gasteiger partial charge is 0.465 e. The van der Waals surface area contributed by atoms with Gasteiger partial charge in [-0.2, -0.15) is 0 Å². The number of thioether (sulfide) groups is 1. The summed E-state index contributed by atoms with van der Waals surface area (Å²) in [7, 11) is 0. The van der Waals surface area contributed by atoms with Gasteiger partial charge in [-0.05, 0) is 61.5 Å². The molecule has 0 aliphatic heterocycles. The molecule has 0 saturated carbocycles. The number of ketones is 1. The fourth-order valence-corrected chi connectivity index (χ4v) is 4.08. The molecule has 1 N–H and O–H groups in total. The number of carbonyl (C=O) groups is 2. The maximum Gasteiger partial charge on any atom is 0.251 e. The fraction of sp³-hybridized carbons (Fsp3) is 0.125. The third kappa shape index (κ3) is 5.30.